The second kappa shape index (κ2) is 19.6. The highest BCUT2D eigenvalue weighted by Gasteiger charge is 2.29. The van der Waals surface area contributed by atoms with Gasteiger partial charge in [-0.05, 0) is 58.0 Å². The summed E-state index contributed by atoms with van der Waals surface area (Å²) in [6, 6.07) is -4.10. The van der Waals surface area contributed by atoms with Gasteiger partial charge in [0, 0.05) is 12.3 Å². The quantitative estimate of drug-likeness (QED) is 0.0330. The van der Waals surface area contributed by atoms with Gasteiger partial charge in [-0.2, -0.15) is 12.6 Å². The number of nitrogens with zero attached hydrogens (tertiary/aromatic N) is 1. The molecule has 0 saturated carbocycles. The monoisotopic (exact) mass is 533 g/mol. The molecule has 0 bridgehead atoms. The zero-order valence-electron chi connectivity index (χ0n) is 20.7. The highest BCUT2D eigenvalue weighted by atomic mass is 32.1. The molecule has 36 heavy (non-hydrogen) atoms. The number of carbonyl (C=O) groups is 4. The second-order valence-electron chi connectivity index (χ2n) is 8.33. The zero-order chi connectivity index (χ0) is 27.5. The smallest absolute Gasteiger partial charge is 0.326 e. The number of hydrogen-bond donors (Lipinski definition) is 10. The average molecular weight is 534 g/mol. The van der Waals surface area contributed by atoms with Crippen molar-refractivity contribution in [2.75, 3.05) is 25.4 Å². The summed E-state index contributed by atoms with van der Waals surface area (Å²) in [7, 11) is 0. The van der Waals surface area contributed by atoms with Gasteiger partial charge in [-0.3, -0.25) is 19.4 Å². The van der Waals surface area contributed by atoms with Gasteiger partial charge in [0.15, 0.2) is 5.96 Å². The van der Waals surface area contributed by atoms with E-state index in [1.165, 1.54) is 0 Å². The molecule has 0 saturated heterocycles. The van der Waals surface area contributed by atoms with Crippen LogP contribution < -0.4 is 44.6 Å². The Morgan fingerprint density at radius 2 is 1.25 bits per heavy atom. The van der Waals surface area contributed by atoms with Crippen LogP contribution in [0.15, 0.2) is 4.99 Å². The lowest BCUT2D eigenvalue weighted by Crippen LogP contribution is -2.57. The summed E-state index contributed by atoms with van der Waals surface area (Å²) in [6.07, 6.45) is 3.55. The van der Waals surface area contributed by atoms with E-state index >= 15 is 0 Å². The van der Waals surface area contributed by atoms with Crippen molar-refractivity contribution in [2.45, 2.75) is 75.5 Å². The first-order valence-corrected chi connectivity index (χ1v) is 12.7. The van der Waals surface area contributed by atoms with Gasteiger partial charge >= 0.3 is 5.97 Å². The Bertz CT molecular complexity index is 722. The largest absolute Gasteiger partial charge is 0.480 e. The Morgan fingerprint density at radius 1 is 0.750 bits per heavy atom. The number of aliphatic carboxylic acids is 1. The molecule has 4 unspecified atom stereocenters. The normalized spacial score (nSPS) is 14.1. The number of guanidine groups is 1. The number of rotatable bonds is 20. The van der Waals surface area contributed by atoms with Crippen LogP contribution in [0.25, 0.3) is 0 Å². The van der Waals surface area contributed by atoms with E-state index in [1.807, 2.05) is 0 Å². The van der Waals surface area contributed by atoms with Crippen LogP contribution in [0, 0.1) is 0 Å². The third-order valence-corrected chi connectivity index (χ3v) is 5.63. The molecular weight excluding hydrogens is 490 g/mol. The van der Waals surface area contributed by atoms with Crippen LogP contribution >= 0.6 is 12.6 Å². The van der Waals surface area contributed by atoms with Crippen molar-refractivity contribution in [3.05, 3.63) is 0 Å². The van der Waals surface area contributed by atoms with Gasteiger partial charge in [0.1, 0.15) is 18.1 Å². The van der Waals surface area contributed by atoms with Gasteiger partial charge in [0.05, 0.1) is 6.04 Å². The lowest BCUT2D eigenvalue weighted by Gasteiger charge is -2.24. The molecule has 0 radical (unpaired) electrons. The molecule has 0 aromatic carbocycles. The molecule has 14 nitrogen and oxygen atoms in total. The van der Waals surface area contributed by atoms with E-state index in [-0.39, 0.29) is 31.1 Å². The summed E-state index contributed by atoms with van der Waals surface area (Å²) in [6.45, 7) is 1.08. The Kier molecular flexibility index (Phi) is 18.1. The Labute approximate surface area is 217 Å². The first-order valence-electron chi connectivity index (χ1n) is 12.0. The number of nitrogens with two attached hydrogens (primary N) is 5. The highest BCUT2D eigenvalue weighted by Crippen LogP contribution is 2.06. The van der Waals surface area contributed by atoms with Crippen molar-refractivity contribution in [3.8, 4) is 0 Å². The van der Waals surface area contributed by atoms with Crippen LogP contribution in [-0.4, -0.2) is 84.3 Å². The van der Waals surface area contributed by atoms with E-state index in [9.17, 15) is 24.3 Å². The van der Waals surface area contributed by atoms with Gasteiger partial charge in [0.25, 0.3) is 0 Å². The number of carbonyl (C=O) groups excluding carboxylic acids is 3. The van der Waals surface area contributed by atoms with Crippen LogP contribution in [0.1, 0.15) is 51.4 Å². The van der Waals surface area contributed by atoms with Gasteiger partial charge in [-0.25, -0.2) is 4.79 Å². The lowest BCUT2D eigenvalue weighted by molar-refractivity contribution is -0.142. The zero-order valence-corrected chi connectivity index (χ0v) is 21.6. The third-order valence-electron chi connectivity index (χ3n) is 5.26. The number of hydrogen-bond acceptors (Lipinski definition) is 9. The Balaban J connectivity index is 5.21. The van der Waals surface area contributed by atoms with Crippen molar-refractivity contribution in [1.82, 2.24) is 16.0 Å². The number of amides is 3. The summed E-state index contributed by atoms with van der Waals surface area (Å²) >= 11 is 4.13. The maximum absolute atomic E-state index is 12.9. The van der Waals surface area contributed by atoms with Crippen LogP contribution in [0.3, 0.4) is 0 Å². The third kappa shape index (κ3) is 14.7. The standard InChI is InChI=1S/C21H43N9O5S/c22-9-3-1-6-13(24)17(31)30-16(12-36)19(33)28-14(7-2-4-10-23)18(32)29-15(20(34)35)8-5-11-27-21(25)26/h13-16,36H,1-12,22-24H2,(H,28,33)(H,29,32)(H,30,31)(H,34,35)(H4,25,26,27). The number of nitrogens with one attached hydrogen (secondary N) is 3. The fourth-order valence-corrected chi connectivity index (χ4v) is 3.44. The molecule has 0 aliphatic carbocycles. The van der Waals surface area contributed by atoms with Crippen LogP contribution in [-0.2, 0) is 19.2 Å². The van der Waals surface area contributed by atoms with Gasteiger partial charge in [-0.15, -0.1) is 0 Å². The van der Waals surface area contributed by atoms with E-state index in [2.05, 4.69) is 33.6 Å². The molecule has 0 spiro atoms. The highest BCUT2D eigenvalue weighted by molar-refractivity contribution is 7.80. The van der Waals surface area contributed by atoms with E-state index < -0.39 is 47.9 Å². The number of thiol groups is 1. The molecule has 208 valence electrons. The Morgan fingerprint density at radius 3 is 1.78 bits per heavy atom. The fourth-order valence-electron chi connectivity index (χ4n) is 3.18. The van der Waals surface area contributed by atoms with Gasteiger partial charge in [0.2, 0.25) is 17.7 Å². The lowest BCUT2D eigenvalue weighted by atomic mass is 10.1. The predicted molar refractivity (Wildman–Crippen MR) is 141 cm³/mol. The molecule has 0 aromatic heterocycles. The molecule has 0 aliphatic rings. The molecule has 0 aromatic rings. The molecule has 0 fully saturated rings. The van der Waals surface area contributed by atoms with Crippen molar-refractivity contribution in [2.24, 2.45) is 33.7 Å². The summed E-state index contributed by atoms with van der Waals surface area (Å²) in [5, 5.41) is 17.1. The maximum Gasteiger partial charge on any atom is 0.326 e. The molecule has 0 rings (SSSR count). The maximum atomic E-state index is 12.9. The van der Waals surface area contributed by atoms with Crippen molar-refractivity contribution in [1.29, 1.82) is 0 Å². The molecule has 14 N–H and O–H groups in total. The molecule has 0 aliphatic heterocycles. The van der Waals surface area contributed by atoms with Crippen molar-refractivity contribution < 1.29 is 24.3 Å². The van der Waals surface area contributed by atoms with E-state index in [0.29, 0.717) is 45.2 Å². The first-order chi connectivity index (χ1) is 17.1. The molecule has 15 heteroatoms. The van der Waals surface area contributed by atoms with Gasteiger partial charge < -0.3 is 49.7 Å². The van der Waals surface area contributed by atoms with Crippen molar-refractivity contribution in [3.63, 3.8) is 0 Å². The minimum absolute atomic E-state index is 0.0349. The van der Waals surface area contributed by atoms with E-state index in [0.717, 1.165) is 6.42 Å². The van der Waals surface area contributed by atoms with E-state index in [1.54, 1.807) is 0 Å². The number of unbranched alkanes of at least 4 members (excludes halogenated alkanes) is 2. The number of carboxylic acid groups (broad SMARTS) is 1. The topological polar surface area (TPSA) is 267 Å². The van der Waals surface area contributed by atoms with E-state index in [4.69, 9.17) is 28.7 Å². The fraction of sp³-hybridized carbons (Fsp3) is 0.762. The average Bonchev–Trinajstić information content (AvgIpc) is 2.83. The Hall–Kier alpha value is -2.62. The first kappa shape index (κ1) is 33.4. The molecule has 3 amide bonds. The number of carboxylic acids is 1. The van der Waals surface area contributed by atoms with Crippen LogP contribution in [0.5, 0.6) is 0 Å². The minimum Gasteiger partial charge on any atom is -0.480 e. The molecular formula is C21H43N9O5S. The molecule has 0 heterocycles. The second-order valence-corrected chi connectivity index (χ2v) is 8.69. The minimum atomic E-state index is -1.23. The van der Waals surface area contributed by atoms with Gasteiger partial charge in [-0.1, -0.05) is 6.42 Å². The number of aliphatic imine (C=N–C) groups is 1. The van der Waals surface area contributed by atoms with Crippen molar-refractivity contribution >= 4 is 42.3 Å². The molecule has 4 atom stereocenters. The summed E-state index contributed by atoms with van der Waals surface area (Å²) < 4.78 is 0. The SMILES string of the molecule is NCCCCC(N)C(=O)NC(CS)C(=O)NC(CCCCN)C(=O)NC(CCCN=C(N)N)C(=O)O. The summed E-state index contributed by atoms with van der Waals surface area (Å²) in [5.74, 6) is -3.21. The summed E-state index contributed by atoms with van der Waals surface area (Å²) in [4.78, 5) is 53.5. The van der Waals surface area contributed by atoms with Crippen LogP contribution in [0.4, 0.5) is 0 Å². The van der Waals surface area contributed by atoms with Crippen LogP contribution in [0.2, 0.25) is 0 Å². The summed E-state index contributed by atoms with van der Waals surface area (Å²) in [5.41, 5.74) is 27.4. The predicted octanol–water partition coefficient (Wildman–Crippen LogP) is -2.91.